The zero-order valence-corrected chi connectivity index (χ0v) is 12.2. The van der Waals surface area contributed by atoms with Crippen LogP contribution in [0.25, 0.3) is 0 Å². The van der Waals surface area contributed by atoms with Gasteiger partial charge >= 0.3 is 0 Å². The molecule has 1 atom stereocenters. The third kappa shape index (κ3) is 5.32. The van der Waals surface area contributed by atoms with Gasteiger partial charge in [-0.25, -0.2) is 13.1 Å². The fourth-order valence-electron chi connectivity index (χ4n) is 1.37. The molecule has 1 heterocycles. The van der Waals surface area contributed by atoms with E-state index in [0.717, 1.165) is 13.0 Å². The maximum atomic E-state index is 11.9. The van der Waals surface area contributed by atoms with Gasteiger partial charge in [0.05, 0.1) is 6.54 Å². The summed E-state index contributed by atoms with van der Waals surface area (Å²) in [7, 11) is -3.63. The van der Waals surface area contributed by atoms with Gasteiger partial charge in [-0.1, -0.05) is 13.8 Å². The van der Waals surface area contributed by atoms with E-state index < -0.39 is 10.0 Å². The highest BCUT2D eigenvalue weighted by molar-refractivity contribution is 7.89. The van der Waals surface area contributed by atoms with Gasteiger partial charge in [0.15, 0.2) is 0 Å². The molecule has 0 radical (unpaired) electrons. The van der Waals surface area contributed by atoms with Gasteiger partial charge in [0.25, 0.3) is 10.0 Å². The lowest BCUT2D eigenvalue weighted by atomic mass is 10.2. The average molecular weight is 290 g/mol. The first-order valence-electron chi connectivity index (χ1n) is 6.39. The average Bonchev–Trinajstić information content (AvgIpc) is 2.86. The summed E-state index contributed by atoms with van der Waals surface area (Å²) in [5.74, 6) is 0.458. The second-order valence-corrected chi connectivity index (χ2v) is 6.24. The highest BCUT2D eigenvalue weighted by Gasteiger charge is 2.19. The van der Waals surface area contributed by atoms with Gasteiger partial charge in [-0.15, -0.1) is 0 Å². The topological polar surface area (TPSA) is 91.6 Å². The molecular formula is C12H22N2O4S. The standard InChI is InChI=1S/C12H22N2O4S/c1-3-6-13-8-11-4-5-12(18-11)19(16,17)14-7-10(2)9-15/h4-5,10,13-15H,3,6-9H2,1-2H3. The van der Waals surface area contributed by atoms with Crippen molar-refractivity contribution >= 4 is 10.0 Å². The Kier molecular flexibility index (Phi) is 6.50. The van der Waals surface area contributed by atoms with E-state index in [4.69, 9.17) is 9.52 Å². The summed E-state index contributed by atoms with van der Waals surface area (Å²) in [6, 6.07) is 3.08. The van der Waals surface area contributed by atoms with Crippen molar-refractivity contribution in [3.63, 3.8) is 0 Å². The van der Waals surface area contributed by atoms with Crippen LogP contribution in [-0.4, -0.2) is 33.2 Å². The number of furan rings is 1. The summed E-state index contributed by atoms with van der Waals surface area (Å²) < 4.78 is 31.5. The Balaban J connectivity index is 2.58. The van der Waals surface area contributed by atoms with E-state index in [1.54, 1.807) is 13.0 Å². The van der Waals surface area contributed by atoms with Gasteiger partial charge in [-0.2, -0.15) is 0 Å². The molecule has 0 bridgehead atoms. The van der Waals surface area contributed by atoms with Crippen molar-refractivity contribution in [2.24, 2.45) is 5.92 Å². The van der Waals surface area contributed by atoms with E-state index >= 15 is 0 Å². The van der Waals surface area contributed by atoms with Crippen LogP contribution in [0, 0.1) is 5.92 Å². The van der Waals surface area contributed by atoms with Crippen LogP contribution in [0.3, 0.4) is 0 Å². The van der Waals surface area contributed by atoms with E-state index in [-0.39, 0.29) is 24.2 Å². The summed E-state index contributed by atoms with van der Waals surface area (Å²) in [6.07, 6.45) is 1.01. The SMILES string of the molecule is CCCNCc1ccc(S(=O)(=O)NCC(C)CO)o1. The zero-order chi connectivity index (χ0) is 14.3. The minimum Gasteiger partial charge on any atom is -0.447 e. The Hall–Kier alpha value is -0.890. The molecule has 0 aliphatic rings. The minimum atomic E-state index is -3.63. The molecular weight excluding hydrogens is 268 g/mol. The Morgan fingerprint density at radius 3 is 2.79 bits per heavy atom. The number of hydrogen-bond acceptors (Lipinski definition) is 5. The first-order chi connectivity index (χ1) is 8.99. The Labute approximate surface area is 114 Å². The molecule has 0 aromatic carbocycles. The number of aliphatic hydroxyl groups is 1. The predicted octanol–water partition coefficient (Wildman–Crippen LogP) is 0.686. The van der Waals surface area contributed by atoms with E-state index in [9.17, 15) is 8.42 Å². The van der Waals surface area contributed by atoms with Crippen molar-refractivity contribution in [2.75, 3.05) is 19.7 Å². The molecule has 6 nitrogen and oxygen atoms in total. The van der Waals surface area contributed by atoms with Crippen LogP contribution in [0.4, 0.5) is 0 Å². The first kappa shape index (κ1) is 16.2. The molecule has 110 valence electrons. The molecule has 0 saturated heterocycles. The molecule has 0 fully saturated rings. The summed E-state index contributed by atoms with van der Waals surface area (Å²) in [5, 5.41) is 11.9. The fourth-order valence-corrected chi connectivity index (χ4v) is 2.48. The van der Waals surface area contributed by atoms with E-state index in [2.05, 4.69) is 17.0 Å². The molecule has 1 rings (SSSR count). The van der Waals surface area contributed by atoms with Crippen molar-refractivity contribution in [1.82, 2.24) is 10.0 Å². The van der Waals surface area contributed by atoms with Gasteiger partial charge in [0, 0.05) is 13.2 Å². The van der Waals surface area contributed by atoms with Crippen LogP contribution in [0.5, 0.6) is 0 Å². The Morgan fingerprint density at radius 2 is 2.16 bits per heavy atom. The van der Waals surface area contributed by atoms with Crippen LogP contribution in [0.15, 0.2) is 21.6 Å². The normalized spacial score (nSPS) is 13.6. The number of nitrogens with one attached hydrogen (secondary N) is 2. The van der Waals surface area contributed by atoms with Gasteiger partial charge in [-0.05, 0) is 31.0 Å². The molecule has 0 saturated carbocycles. The van der Waals surface area contributed by atoms with Crippen molar-refractivity contribution in [3.05, 3.63) is 17.9 Å². The lowest BCUT2D eigenvalue weighted by Crippen LogP contribution is -2.29. The molecule has 0 aliphatic carbocycles. The molecule has 3 N–H and O–H groups in total. The van der Waals surface area contributed by atoms with Crippen molar-refractivity contribution in [3.8, 4) is 0 Å². The van der Waals surface area contributed by atoms with E-state index in [1.165, 1.54) is 6.07 Å². The second-order valence-electron chi connectivity index (χ2n) is 4.54. The van der Waals surface area contributed by atoms with Crippen molar-refractivity contribution in [1.29, 1.82) is 0 Å². The molecule has 0 aliphatic heterocycles. The van der Waals surface area contributed by atoms with Crippen LogP contribution in [0.1, 0.15) is 26.0 Å². The smallest absolute Gasteiger partial charge is 0.273 e. The highest BCUT2D eigenvalue weighted by atomic mass is 32.2. The number of rotatable bonds is 9. The van der Waals surface area contributed by atoms with Crippen molar-refractivity contribution < 1.29 is 17.9 Å². The molecule has 0 spiro atoms. The maximum Gasteiger partial charge on any atom is 0.273 e. The molecule has 1 aromatic rings. The summed E-state index contributed by atoms with van der Waals surface area (Å²) in [6.45, 7) is 5.29. The van der Waals surface area contributed by atoms with Gasteiger partial charge in [0.1, 0.15) is 5.76 Å². The molecule has 19 heavy (non-hydrogen) atoms. The predicted molar refractivity (Wildman–Crippen MR) is 72.1 cm³/mol. The Bertz CT molecular complexity index is 470. The molecule has 7 heteroatoms. The van der Waals surface area contributed by atoms with Gasteiger partial charge in [0.2, 0.25) is 5.09 Å². The van der Waals surface area contributed by atoms with E-state index in [0.29, 0.717) is 12.3 Å². The summed E-state index contributed by atoms with van der Waals surface area (Å²) in [4.78, 5) is 0. The first-order valence-corrected chi connectivity index (χ1v) is 7.88. The maximum absolute atomic E-state index is 11.9. The molecule has 1 unspecified atom stereocenters. The lowest BCUT2D eigenvalue weighted by molar-refractivity contribution is 0.238. The second kappa shape index (κ2) is 7.64. The van der Waals surface area contributed by atoms with Crippen molar-refractivity contribution in [2.45, 2.75) is 31.9 Å². The largest absolute Gasteiger partial charge is 0.447 e. The third-order valence-corrected chi connectivity index (χ3v) is 3.86. The van der Waals surface area contributed by atoms with Crippen LogP contribution < -0.4 is 10.0 Å². The molecule has 0 amide bonds. The fraction of sp³-hybridized carbons (Fsp3) is 0.667. The van der Waals surface area contributed by atoms with Crippen LogP contribution >= 0.6 is 0 Å². The van der Waals surface area contributed by atoms with E-state index in [1.807, 2.05) is 0 Å². The van der Waals surface area contributed by atoms with Crippen LogP contribution in [-0.2, 0) is 16.6 Å². The Morgan fingerprint density at radius 1 is 1.42 bits per heavy atom. The third-order valence-electron chi connectivity index (χ3n) is 2.56. The number of sulfonamides is 1. The summed E-state index contributed by atoms with van der Waals surface area (Å²) in [5.41, 5.74) is 0. The van der Waals surface area contributed by atoms with Gasteiger partial charge in [-0.3, -0.25) is 0 Å². The minimum absolute atomic E-state index is 0.0626. The number of aliphatic hydroxyl groups excluding tert-OH is 1. The lowest BCUT2D eigenvalue weighted by Gasteiger charge is -2.08. The molecule has 1 aromatic heterocycles. The monoisotopic (exact) mass is 290 g/mol. The quantitative estimate of drug-likeness (QED) is 0.582. The van der Waals surface area contributed by atoms with Gasteiger partial charge < -0.3 is 14.8 Å². The number of hydrogen-bond donors (Lipinski definition) is 3. The summed E-state index contributed by atoms with van der Waals surface area (Å²) >= 11 is 0. The zero-order valence-electron chi connectivity index (χ0n) is 11.3. The highest BCUT2D eigenvalue weighted by Crippen LogP contribution is 2.13. The van der Waals surface area contributed by atoms with Crippen LogP contribution in [0.2, 0.25) is 0 Å².